The topological polar surface area (TPSA) is 24.9 Å². The Bertz CT molecular complexity index is 312. The van der Waals surface area contributed by atoms with E-state index in [4.69, 9.17) is 0 Å². The molecule has 92 valence electrons. The van der Waals surface area contributed by atoms with E-state index in [1.165, 1.54) is 0 Å². The molecule has 1 aromatic rings. The number of rotatable bonds is 6. The van der Waals surface area contributed by atoms with Crippen LogP contribution in [0.5, 0.6) is 0 Å². The van der Waals surface area contributed by atoms with E-state index in [2.05, 4.69) is 10.3 Å². The normalized spacial score (nSPS) is 11.8. The number of hydrogen-bond donors (Lipinski definition) is 1. The first-order chi connectivity index (χ1) is 7.54. The Balaban J connectivity index is 2.30. The van der Waals surface area contributed by atoms with Crippen molar-refractivity contribution in [1.29, 1.82) is 0 Å². The van der Waals surface area contributed by atoms with Crippen molar-refractivity contribution >= 4 is 28.2 Å². The van der Waals surface area contributed by atoms with E-state index < -0.39 is 11.1 Å². The van der Waals surface area contributed by atoms with Gasteiger partial charge in [-0.3, -0.25) is 0 Å². The molecule has 0 amide bonds. The summed E-state index contributed by atoms with van der Waals surface area (Å²) in [6.45, 7) is 0.672. The molecular formula is C9H13F3N2S2. The van der Waals surface area contributed by atoms with Crippen LogP contribution in [0.15, 0.2) is 6.20 Å². The van der Waals surface area contributed by atoms with Gasteiger partial charge in [-0.25, -0.2) is 4.98 Å². The maximum absolute atomic E-state index is 12.2. The highest BCUT2D eigenvalue weighted by Gasteiger charge is 2.33. The lowest BCUT2D eigenvalue weighted by atomic mass is 10.3. The van der Waals surface area contributed by atoms with Crippen molar-refractivity contribution < 1.29 is 13.2 Å². The predicted octanol–water partition coefficient (Wildman–Crippen LogP) is 3.72. The van der Waals surface area contributed by atoms with E-state index in [1.54, 1.807) is 11.8 Å². The molecule has 0 atom stereocenters. The third-order valence-corrected chi connectivity index (χ3v) is 3.53. The Morgan fingerprint density at radius 3 is 2.75 bits per heavy atom. The van der Waals surface area contributed by atoms with E-state index in [1.807, 2.05) is 6.26 Å². The van der Waals surface area contributed by atoms with Crippen molar-refractivity contribution in [2.75, 3.05) is 23.9 Å². The molecule has 7 heteroatoms. The van der Waals surface area contributed by atoms with Crippen LogP contribution in [0.3, 0.4) is 0 Å². The van der Waals surface area contributed by atoms with Gasteiger partial charge in [0.1, 0.15) is 4.88 Å². The number of thiazole rings is 1. The quantitative estimate of drug-likeness (QED) is 0.797. The smallest absolute Gasteiger partial charge is 0.362 e. The summed E-state index contributed by atoms with van der Waals surface area (Å²) in [7, 11) is 0. The summed E-state index contributed by atoms with van der Waals surface area (Å²) in [4.78, 5) is 3.03. The highest BCUT2D eigenvalue weighted by molar-refractivity contribution is 7.98. The Hall–Kier alpha value is -0.430. The van der Waals surface area contributed by atoms with Crippen LogP contribution >= 0.6 is 23.1 Å². The number of thioether (sulfide) groups is 1. The summed E-state index contributed by atoms with van der Waals surface area (Å²) in [5.41, 5.74) is 0. The molecule has 1 rings (SSSR count). The molecule has 1 heterocycles. The number of aromatic nitrogens is 1. The predicted molar refractivity (Wildman–Crippen MR) is 63.2 cm³/mol. The van der Waals surface area contributed by atoms with Gasteiger partial charge in [0, 0.05) is 6.54 Å². The Morgan fingerprint density at radius 2 is 2.19 bits per heavy atom. The second-order valence-electron chi connectivity index (χ2n) is 3.15. The number of alkyl halides is 3. The second-order valence-corrected chi connectivity index (χ2v) is 5.17. The van der Waals surface area contributed by atoms with Crippen molar-refractivity contribution in [2.24, 2.45) is 0 Å². The van der Waals surface area contributed by atoms with Gasteiger partial charge in [0.2, 0.25) is 0 Å². The molecule has 0 bridgehead atoms. The first kappa shape index (κ1) is 13.6. The summed E-state index contributed by atoms with van der Waals surface area (Å²) in [5.74, 6) is 1.08. The van der Waals surface area contributed by atoms with Gasteiger partial charge in [0.25, 0.3) is 0 Å². The second kappa shape index (κ2) is 6.34. The Labute approximate surface area is 101 Å². The van der Waals surface area contributed by atoms with Crippen molar-refractivity contribution in [3.05, 3.63) is 11.1 Å². The van der Waals surface area contributed by atoms with Crippen LogP contribution in [0.1, 0.15) is 17.7 Å². The third-order valence-electron chi connectivity index (χ3n) is 1.84. The van der Waals surface area contributed by atoms with Gasteiger partial charge in [0.15, 0.2) is 5.13 Å². The first-order valence-corrected chi connectivity index (χ1v) is 7.01. The highest BCUT2D eigenvalue weighted by Crippen LogP contribution is 2.34. The summed E-state index contributed by atoms with van der Waals surface area (Å²) in [5, 5.41) is 3.24. The molecule has 0 aliphatic rings. The monoisotopic (exact) mass is 270 g/mol. The molecule has 0 saturated heterocycles. The average Bonchev–Trinajstić information content (AvgIpc) is 2.65. The molecule has 0 saturated carbocycles. The van der Waals surface area contributed by atoms with Crippen LogP contribution in [0.4, 0.5) is 18.3 Å². The average molecular weight is 270 g/mol. The van der Waals surface area contributed by atoms with Crippen LogP contribution < -0.4 is 5.32 Å². The molecule has 0 spiro atoms. The molecule has 2 nitrogen and oxygen atoms in total. The van der Waals surface area contributed by atoms with Gasteiger partial charge in [0.05, 0.1) is 6.20 Å². The van der Waals surface area contributed by atoms with Gasteiger partial charge in [-0.15, -0.1) is 0 Å². The summed E-state index contributed by atoms with van der Waals surface area (Å²) < 4.78 is 36.7. The van der Waals surface area contributed by atoms with Crippen LogP contribution in [-0.4, -0.2) is 23.5 Å². The van der Waals surface area contributed by atoms with Gasteiger partial charge in [-0.1, -0.05) is 11.3 Å². The van der Waals surface area contributed by atoms with Crippen molar-refractivity contribution in [3.63, 3.8) is 0 Å². The zero-order chi connectivity index (χ0) is 12.0. The summed E-state index contributed by atoms with van der Waals surface area (Å²) in [6, 6.07) is 0. The fraction of sp³-hybridized carbons (Fsp3) is 0.667. The molecule has 0 aliphatic heterocycles. The van der Waals surface area contributed by atoms with Gasteiger partial charge >= 0.3 is 6.18 Å². The molecule has 0 unspecified atom stereocenters. The standard InChI is InChI=1S/C9H13F3N2S2/c1-15-5-3-2-4-13-8-14-6-7(16-8)9(10,11)12/h6H,2-5H2,1H3,(H,13,14). The third kappa shape index (κ3) is 4.61. The van der Waals surface area contributed by atoms with Crippen molar-refractivity contribution in [2.45, 2.75) is 19.0 Å². The maximum Gasteiger partial charge on any atom is 0.427 e. The lowest BCUT2D eigenvalue weighted by molar-refractivity contribution is -0.134. The van der Waals surface area contributed by atoms with E-state index in [0.717, 1.165) is 24.8 Å². The Kier molecular flexibility index (Phi) is 5.40. The van der Waals surface area contributed by atoms with E-state index in [0.29, 0.717) is 23.0 Å². The first-order valence-electron chi connectivity index (χ1n) is 4.80. The van der Waals surface area contributed by atoms with Crippen molar-refractivity contribution in [3.8, 4) is 0 Å². The number of nitrogens with one attached hydrogen (secondary N) is 1. The van der Waals surface area contributed by atoms with Gasteiger partial charge < -0.3 is 5.32 Å². The van der Waals surface area contributed by atoms with Gasteiger partial charge in [-0.2, -0.15) is 24.9 Å². The number of hydrogen-bond acceptors (Lipinski definition) is 4. The highest BCUT2D eigenvalue weighted by atomic mass is 32.2. The molecule has 16 heavy (non-hydrogen) atoms. The Morgan fingerprint density at radius 1 is 1.44 bits per heavy atom. The zero-order valence-corrected chi connectivity index (χ0v) is 10.4. The number of nitrogens with zero attached hydrogens (tertiary/aromatic N) is 1. The molecular weight excluding hydrogens is 257 g/mol. The molecule has 0 fully saturated rings. The minimum absolute atomic E-state index is 0.344. The number of anilines is 1. The van der Waals surface area contributed by atoms with Crippen LogP contribution in [0.25, 0.3) is 0 Å². The maximum atomic E-state index is 12.2. The SMILES string of the molecule is CSCCCCNc1ncc(C(F)(F)F)s1. The number of halogens is 3. The van der Waals surface area contributed by atoms with Crippen molar-refractivity contribution in [1.82, 2.24) is 4.98 Å². The van der Waals surface area contributed by atoms with E-state index in [9.17, 15) is 13.2 Å². The molecule has 0 radical (unpaired) electrons. The van der Waals surface area contributed by atoms with E-state index in [-0.39, 0.29) is 0 Å². The summed E-state index contributed by atoms with van der Waals surface area (Å²) in [6.07, 6.45) is 0.628. The largest absolute Gasteiger partial charge is 0.427 e. The number of unbranched alkanes of at least 4 members (excludes halogenated alkanes) is 1. The fourth-order valence-electron chi connectivity index (χ4n) is 1.05. The lowest BCUT2D eigenvalue weighted by Gasteiger charge is -2.02. The van der Waals surface area contributed by atoms with Crippen LogP contribution in [0.2, 0.25) is 0 Å². The van der Waals surface area contributed by atoms with Gasteiger partial charge in [-0.05, 0) is 24.9 Å². The molecule has 1 aromatic heterocycles. The minimum Gasteiger partial charge on any atom is -0.362 e. The fourth-order valence-corrected chi connectivity index (χ4v) is 2.26. The molecule has 1 N–H and O–H groups in total. The molecule has 0 aromatic carbocycles. The summed E-state index contributed by atoms with van der Waals surface area (Å²) >= 11 is 2.42. The minimum atomic E-state index is -4.28. The molecule has 0 aliphatic carbocycles. The van der Waals surface area contributed by atoms with E-state index >= 15 is 0 Å². The van der Waals surface area contributed by atoms with Crippen LogP contribution in [0, 0.1) is 0 Å². The lowest BCUT2D eigenvalue weighted by Crippen LogP contribution is -2.01. The van der Waals surface area contributed by atoms with Crippen LogP contribution in [-0.2, 0) is 6.18 Å². The zero-order valence-electron chi connectivity index (χ0n) is 8.80.